The Kier molecular flexibility index (Phi) is 5.73. The van der Waals surface area contributed by atoms with Crippen LogP contribution in [-0.4, -0.2) is 31.0 Å². The third-order valence-corrected chi connectivity index (χ3v) is 4.45. The molecule has 3 rings (SSSR count). The number of carbonyl (C=O) groups excluding carboxylic acids is 1. The number of nitrogens with zero attached hydrogens (tertiary/aromatic N) is 2. The van der Waals surface area contributed by atoms with E-state index >= 15 is 0 Å². The molecular weight excluding hydrogens is 430 g/mol. The molecule has 6 nitrogen and oxygen atoms in total. The van der Waals surface area contributed by atoms with Crippen LogP contribution in [0.2, 0.25) is 0 Å². The Bertz CT molecular complexity index is 1010. The molecular formula is C19H14F6N4O2. The van der Waals surface area contributed by atoms with Gasteiger partial charge in [0.05, 0.1) is 23.7 Å². The third-order valence-electron chi connectivity index (χ3n) is 4.45. The molecule has 1 heterocycles. The van der Waals surface area contributed by atoms with Gasteiger partial charge in [0.25, 0.3) is 5.91 Å². The third kappa shape index (κ3) is 4.83. The van der Waals surface area contributed by atoms with E-state index in [1.807, 2.05) is 0 Å². The van der Waals surface area contributed by atoms with Gasteiger partial charge in [-0.2, -0.15) is 31.6 Å². The highest BCUT2D eigenvalue weighted by molar-refractivity contribution is 5.95. The van der Waals surface area contributed by atoms with E-state index in [0.29, 0.717) is 16.7 Å². The van der Waals surface area contributed by atoms with Gasteiger partial charge in [-0.15, -0.1) is 0 Å². The number of nitrogen functional groups attached to an aromatic ring is 1. The molecule has 2 aromatic rings. The van der Waals surface area contributed by atoms with E-state index in [1.54, 1.807) is 0 Å². The van der Waals surface area contributed by atoms with Crippen LogP contribution < -0.4 is 16.0 Å². The molecule has 1 amide bonds. The van der Waals surface area contributed by atoms with Crippen LogP contribution >= 0.6 is 0 Å². The van der Waals surface area contributed by atoms with Crippen molar-refractivity contribution >= 4 is 23.0 Å². The van der Waals surface area contributed by atoms with Gasteiger partial charge in [-0.25, -0.2) is 0 Å². The standard InChI is InChI=1S/C19H14F6N4O2/c20-18(21,22)14-7-13(6-1-10(14)8-26)29-9-15(31-17(29)19(23,24)25)16(30)28-12-4-2-11(27)3-5-12/h1-7,15,17H,9,27H2,(H,28,30). The second kappa shape index (κ2) is 7.99. The quantitative estimate of drug-likeness (QED) is 0.554. The van der Waals surface area contributed by atoms with Gasteiger partial charge in [-0.05, 0) is 42.5 Å². The zero-order valence-electron chi connectivity index (χ0n) is 15.5. The van der Waals surface area contributed by atoms with E-state index in [4.69, 9.17) is 15.7 Å². The van der Waals surface area contributed by atoms with Crippen molar-refractivity contribution in [2.45, 2.75) is 24.7 Å². The Labute approximate surface area is 171 Å². The first-order chi connectivity index (χ1) is 14.4. The van der Waals surface area contributed by atoms with Crippen molar-refractivity contribution in [2.75, 3.05) is 22.5 Å². The number of halogens is 6. The number of nitrogens with two attached hydrogens (primary N) is 1. The second-order valence-corrected chi connectivity index (χ2v) is 6.62. The lowest BCUT2D eigenvalue weighted by atomic mass is 10.1. The molecule has 0 spiro atoms. The Morgan fingerprint density at radius 2 is 1.77 bits per heavy atom. The molecule has 0 saturated carbocycles. The first-order valence-electron chi connectivity index (χ1n) is 8.66. The summed E-state index contributed by atoms with van der Waals surface area (Å²) in [5.41, 5.74) is 3.56. The molecule has 3 N–H and O–H groups in total. The fraction of sp³-hybridized carbons (Fsp3) is 0.263. The number of benzene rings is 2. The maximum Gasteiger partial charge on any atom is 0.433 e. The van der Waals surface area contributed by atoms with Gasteiger partial charge in [-0.1, -0.05) is 0 Å². The van der Waals surface area contributed by atoms with Crippen LogP contribution in [-0.2, 0) is 15.7 Å². The molecule has 0 aliphatic carbocycles. The van der Waals surface area contributed by atoms with E-state index in [0.717, 1.165) is 12.1 Å². The van der Waals surface area contributed by atoms with E-state index < -0.39 is 54.0 Å². The molecule has 1 aliphatic heterocycles. The Morgan fingerprint density at radius 1 is 1.13 bits per heavy atom. The van der Waals surface area contributed by atoms with Crippen LogP contribution in [0.15, 0.2) is 42.5 Å². The normalized spacial score (nSPS) is 19.2. The van der Waals surface area contributed by atoms with Crippen LogP contribution in [0.5, 0.6) is 0 Å². The van der Waals surface area contributed by atoms with Gasteiger partial charge in [0.1, 0.15) is 0 Å². The molecule has 0 aromatic heterocycles. The molecule has 2 unspecified atom stereocenters. The summed E-state index contributed by atoms with van der Waals surface area (Å²) < 4.78 is 85.0. The number of ether oxygens (including phenoxy) is 1. The lowest BCUT2D eigenvalue weighted by Crippen LogP contribution is -2.42. The van der Waals surface area contributed by atoms with Crippen molar-refractivity contribution < 1.29 is 35.9 Å². The highest BCUT2D eigenvalue weighted by Gasteiger charge is 2.52. The van der Waals surface area contributed by atoms with Crippen molar-refractivity contribution in [3.8, 4) is 6.07 Å². The molecule has 1 saturated heterocycles. The van der Waals surface area contributed by atoms with Gasteiger partial charge in [0.2, 0.25) is 6.23 Å². The zero-order valence-corrected chi connectivity index (χ0v) is 15.5. The minimum absolute atomic E-state index is 0.252. The Morgan fingerprint density at radius 3 is 2.32 bits per heavy atom. The minimum atomic E-state index is -5.00. The number of rotatable bonds is 3. The van der Waals surface area contributed by atoms with Crippen LogP contribution in [0.25, 0.3) is 0 Å². The first-order valence-corrected chi connectivity index (χ1v) is 8.66. The molecule has 31 heavy (non-hydrogen) atoms. The molecule has 2 atom stereocenters. The highest BCUT2D eigenvalue weighted by atomic mass is 19.4. The number of hydrogen-bond donors (Lipinski definition) is 2. The van der Waals surface area contributed by atoms with Crippen LogP contribution in [0, 0.1) is 11.3 Å². The summed E-state index contributed by atoms with van der Waals surface area (Å²) in [6, 6.07) is 9.28. The van der Waals surface area contributed by atoms with Crippen molar-refractivity contribution in [2.24, 2.45) is 0 Å². The molecule has 12 heteroatoms. The second-order valence-electron chi connectivity index (χ2n) is 6.62. The summed E-state index contributed by atoms with van der Waals surface area (Å²) in [6.07, 6.45) is -14.2. The zero-order chi connectivity index (χ0) is 23.0. The predicted molar refractivity (Wildman–Crippen MR) is 97.7 cm³/mol. The largest absolute Gasteiger partial charge is 0.433 e. The number of nitriles is 1. The molecule has 0 radical (unpaired) electrons. The number of nitrogens with one attached hydrogen (secondary N) is 1. The average molecular weight is 444 g/mol. The number of amides is 1. The maximum atomic E-state index is 13.5. The first kappa shape index (κ1) is 22.2. The summed E-state index contributed by atoms with van der Waals surface area (Å²) in [6.45, 7) is -0.659. The van der Waals surface area contributed by atoms with Gasteiger partial charge in [0, 0.05) is 17.1 Å². The summed E-state index contributed by atoms with van der Waals surface area (Å²) in [7, 11) is 0. The summed E-state index contributed by atoms with van der Waals surface area (Å²) in [5, 5.41) is 11.2. The average Bonchev–Trinajstić information content (AvgIpc) is 3.15. The van der Waals surface area contributed by atoms with Crippen molar-refractivity contribution in [1.82, 2.24) is 0 Å². The fourth-order valence-electron chi connectivity index (χ4n) is 3.02. The van der Waals surface area contributed by atoms with E-state index in [9.17, 15) is 31.1 Å². The molecule has 164 valence electrons. The van der Waals surface area contributed by atoms with E-state index in [1.165, 1.54) is 30.3 Å². The fourth-order valence-corrected chi connectivity index (χ4v) is 3.02. The van der Waals surface area contributed by atoms with Crippen molar-refractivity contribution in [3.05, 3.63) is 53.6 Å². The molecule has 1 fully saturated rings. The van der Waals surface area contributed by atoms with Crippen molar-refractivity contribution in [3.63, 3.8) is 0 Å². The summed E-state index contributed by atoms with van der Waals surface area (Å²) in [4.78, 5) is 12.9. The smallest absolute Gasteiger partial charge is 0.399 e. The van der Waals surface area contributed by atoms with Crippen LogP contribution in [0.3, 0.4) is 0 Å². The SMILES string of the molecule is N#Cc1ccc(N2CC(C(=O)Nc3ccc(N)cc3)OC2C(F)(F)F)cc1C(F)(F)F. The molecule has 1 aliphatic rings. The summed E-state index contributed by atoms with van der Waals surface area (Å²) >= 11 is 0. The number of alkyl halides is 6. The maximum absolute atomic E-state index is 13.5. The Hall–Kier alpha value is -3.46. The molecule has 0 bridgehead atoms. The lowest BCUT2D eigenvalue weighted by Gasteiger charge is -2.27. The van der Waals surface area contributed by atoms with Gasteiger partial charge >= 0.3 is 12.4 Å². The van der Waals surface area contributed by atoms with E-state index in [-0.39, 0.29) is 5.69 Å². The monoisotopic (exact) mass is 444 g/mol. The van der Waals surface area contributed by atoms with Gasteiger partial charge in [0.15, 0.2) is 6.10 Å². The summed E-state index contributed by atoms with van der Waals surface area (Å²) in [5.74, 6) is -0.911. The Balaban J connectivity index is 1.90. The molecule has 2 aromatic carbocycles. The van der Waals surface area contributed by atoms with Gasteiger partial charge < -0.3 is 20.7 Å². The van der Waals surface area contributed by atoms with Gasteiger partial charge in [-0.3, -0.25) is 4.79 Å². The lowest BCUT2D eigenvalue weighted by molar-refractivity contribution is -0.212. The topological polar surface area (TPSA) is 91.4 Å². The van der Waals surface area contributed by atoms with E-state index in [2.05, 4.69) is 5.32 Å². The van der Waals surface area contributed by atoms with Crippen LogP contribution in [0.4, 0.5) is 43.4 Å². The predicted octanol–water partition coefficient (Wildman–Crippen LogP) is 3.89. The van der Waals surface area contributed by atoms with Crippen molar-refractivity contribution in [1.29, 1.82) is 5.26 Å². The highest BCUT2D eigenvalue weighted by Crippen LogP contribution is 2.39. The number of carbonyl (C=O) groups is 1. The number of anilines is 3. The number of hydrogen-bond acceptors (Lipinski definition) is 5. The minimum Gasteiger partial charge on any atom is -0.399 e. The van der Waals surface area contributed by atoms with Crippen LogP contribution in [0.1, 0.15) is 11.1 Å².